The van der Waals surface area contributed by atoms with Crippen LogP contribution in [0, 0.1) is 17.3 Å². The molecule has 0 spiro atoms. The third-order valence-corrected chi connectivity index (χ3v) is 8.01. The van der Waals surface area contributed by atoms with Crippen LogP contribution in [-0.4, -0.2) is 59.6 Å². The highest BCUT2D eigenvalue weighted by Gasteiger charge is 2.36. The van der Waals surface area contributed by atoms with E-state index in [9.17, 15) is 24.0 Å². The molecule has 1 aliphatic carbocycles. The van der Waals surface area contributed by atoms with Crippen molar-refractivity contribution in [3.8, 4) is 0 Å². The number of hydrogen-bond acceptors (Lipinski definition) is 5. The van der Waals surface area contributed by atoms with Gasteiger partial charge in [0.1, 0.15) is 11.7 Å². The summed E-state index contributed by atoms with van der Waals surface area (Å²) in [5.41, 5.74) is 0.912. The number of carbonyl (C=O) groups excluding carboxylic acids is 5. The summed E-state index contributed by atoms with van der Waals surface area (Å²) in [6, 6.07) is 7.19. The smallest absolute Gasteiger partial charge is 0.289 e. The first-order chi connectivity index (χ1) is 19.5. The lowest BCUT2D eigenvalue weighted by molar-refractivity contribution is -0.141. The molecule has 1 aromatic carbocycles. The van der Waals surface area contributed by atoms with Gasteiger partial charge in [-0.1, -0.05) is 71.1 Å². The van der Waals surface area contributed by atoms with Crippen molar-refractivity contribution in [1.29, 1.82) is 0 Å². The van der Waals surface area contributed by atoms with Crippen molar-refractivity contribution in [3.63, 3.8) is 0 Å². The number of aromatic amines is 1. The summed E-state index contributed by atoms with van der Waals surface area (Å²) >= 11 is 0. The molecule has 1 aromatic heterocycles. The number of fused-ring (bicyclic) bond motifs is 1. The van der Waals surface area contributed by atoms with E-state index in [1.165, 1.54) is 0 Å². The largest absolute Gasteiger partial charge is 0.356 e. The number of nitrogens with one attached hydrogen (secondary N) is 5. The number of ketones is 1. The molecule has 3 atom stereocenters. The van der Waals surface area contributed by atoms with Crippen LogP contribution in [0.3, 0.4) is 0 Å². The molecule has 10 heteroatoms. The summed E-state index contributed by atoms with van der Waals surface area (Å²) in [4.78, 5) is 68.6. The highest BCUT2D eigenvalue weighted by molar-refractivity contribution is 6.38. The van der Waals surface area contributed by atoms with Crippen molar-refractivity contribution >= 4 is 40.3 Å². The maximum atomic E-state index is 13.7. The van der Waals surface area contributed by atoms with Gasteiger partial charge in [-0.3, -0.25) is 24.0 Å². The second-order valence-corrected chi connectivity index (χ2v) is 12.7. The lowest BCUT2D eigenvalue weighted by Gasteiger charge is -2.28. The van der Waals surface area contributed by atoms with Crippen molar-refractivity contribution in [2.24, 2.45) is 17.3 Å². The Morgan fingerprint density at radius 1 is 0.951 bits per heavy atom. The Kier molecular flexibility index (Phi) is 9.83. The molecular formula is C31H43N5O5. The number of hydrogen-bond donors (Lipinski definition) is 5. The molecule has 2 heterocycles. The number of amides is 4. The van der Waals surface area contributed by atoms with Gasteiger partial charge in [0.15, 0.2) is 0 Å². The lowest BCUT2D eigenvalue weighted by atomic mass is 9.84. The maximum Gasteiger partial charge on any atom is 0.289 e. The number of H-pyrrole nitrogens is 1. The predicted octanol–water partition coefficient (Wildman–Crippen LogP) is 2.98. The van der Waals surface area contributed by atoms with Crippen LogP contribution in [-0.2, 0) is 19.2 Å². The first-order valence-corrected chi connectivity index (χ1v) is 14.8. The monoisotopic (exact) mass is 565 g/mol. The highest BCUT2D eigenvalue weighted by Crippen LogP contribution is 2.28. The van der Waals surface area contributed by atoms with Crippen molar-refractivity contribution < 1.29 is 24.0 Å². The third kappa shape index (κ3) is 8.41. The van der Waals surface area contributed by atoms with Crippen LogP contribution in [0.15, 0.2) is 30.3 Å². The Hall–Kier alpha value is -3.69. The second-order valence-electron chi connectivity index (χ2n) is 12.7. The van der Waals surface area contributed by atoms with E-state index in [4.69, 9.17) is 0 Å². The number of aromatic nitrogens is 1. The zero-order valence-electron chi connectivity index (χ0n) is 24.3. The van der Waals surface area contributed by atoms with Gasteiger partial charge in [0.2, 0.25) is 17.6 Å². The predicted molar refractivity (Wildman–Crippen MR) is 156 cm³/mol. The highest BCUT2D eigenvalue weighted by atomic mass is 16.2. The van der Waals surface area contributed by atoms with Gasteiger partial charge in [-0.2, -0.15) is 0 Å². The molecule has 2 aliphatic rings. The van der Waals surface area contributed by atoms with E-state index in [1.807, 2.05) is 45.0 Å². The molecule has 10 nitrogen and oxygen atoms in total. The van der Waals surface area contributed by atoms with E-state index in [2.05, 4.69) is 26.3 Å². The molecule has 41 heavy (non-hydrogen) atoms. The second kappa shape index (κ2) is 13.3. The Bertz CT molecular complexity index is 1240. The van der Waals surface area contributed by atoms with Crippen LogP contribution in [0.2, 0.25) is 0 Å². The molecular weight excluding hydrogens is 522 g/mol. The van der Waals surface area contributed by atoms with Crippen molar-refractivity contribution in [2.75, 3.05) is 13.1 Å². The van der Waals surface area contributed by atoms with Crippen LogP contribution >= 0.6 is 0 Å². The standard InChI is InChI=1S/C31H43N5O5/c1-31(2,3)18-33-30(41)26(37)23(17-21-13-14-32-27(21)38)35-28(39)24(15-19-9-5-4-6-10-19)36-29(40)25-16-20-11-7-8-12-22(20)34-25/h7-8,11-12,16,19,21,23-24,34H,4-6,9-10,13-15,17-18H2,1-3H3,(H,32,38)(H,33,41)(H,35,39)(H,36,40)/t21-,23-,24-/m0/s1. The van der Waals surface area contributed by atoms with Gasteiger partial charge in [0, 0.05) is 29.9 Å². The van der Waals surface area contributed by atoms with E-state index in [-0.39, 0.29) is 30.2 Å². The Morgan fingerprint density at radius 2 is 1.68 bits per heavy atom. The minimum Gasteiger partial charge on any atom is -0.356 e. The zero-order valence-corrected chi connectivity index (χ0v) is 24.3. The van der Waals surface area contributed by atoms with Crippen molar-refractivity contribution in [2.45, 2.75) is 84.2 Å². The molecule has 4 amide bonds. The number of para-hydroxylation sites is 1. The topological polar surface area (TPSA) is 149 Å². The molecule has 0 bridgehead atoms. The summed E-state index contributed by atoms with van der Waals surface area (Å²) in [5, 5.41) is 11.9. The Balaban J connectivity index is 1.52. The van der Waals surface area contributed by atoms with E-state index in [1.54, 1.807) is 6.07 Å². The Morgan fingerprint density at radius 3 is 2.34 bits per heavy atom. The minimum absolute atomic E-state index is 0.0193. The quantitative estimate of drug-likeness (QED) is 0.266. The fourth-order valence-electron chi connectivity index (χ4n) is 5.67. The molecule has 5 N–H and O–H groups in total. The maximum absolute atomic E-state index is 13.7. The molecule has 0 radical (unpaired) electrons. The SMILES string of the molecule is CC(C)(C)CNC(=O)C(=O)[C@H](C[C@@H]1CCNC1=O)NC(=O)[C@H](CC1CCCCC1)NC(=O)c1cc2ccccc2[nH]1. The number of benzene rings is 1. The van der Waals surface area contributed by atoms with Crippen molar-refractivity contribution in [3.05, 3.63) is 36.0 Å². The summed E-state index contributed by atoms with van der Waals surface area (Å²) in [5.74, 6) is -2.96. The lowest BCUT2D eigenvalue weighted by Crippen LogP contribution is -2.55. The Labute approximate surface area is 241 Å². The van der Waals surface area contributed by atoms with Gasteiger partial charge in [-0.05, 0) is 42.7 Å². The van der Waals surface area contributed by atoms with Crippen LogP contribution in [0.1, 0.15) is 82.6 Å². The number of Topliss-reactive ketones (excluding diaryl/α,β-unsaturated/α-hetero) is 1. The van der Waals surface area contributed by atoms with Gasteiger partial charge in [0.25, 0.3) is 11.8 Å². The van der Waals surface area contributed by atoms with E-state index >= 15 is 0 Å². The number of carbonyl (C=O) groups is 5. The summed E-state index contributed by atoms with van der Waals surface area (Å²) in [7, 11) is 0. The number of rotatable bonds is 11. The van der Waals surface area contributed by atoms with Crippen LogP contribution in [0.4, 0.5) is 0 Å². The van der Waals surface area contributed by atoms with Gasteiger partial charge < -0.3 is 26.3 Å². The fraction of sp³-hybridized carbons (Fsp3) is 0.581. The van der Waals surface area contributed by atoms with Crippen LogP contribution in [0.5, 0.6) is 0 Å². The molecule has 222 valence electrons. The van der Waals surface area contributed by atoms with Crippen molar-refractivity contribution in [1.82, 2.24) is 26.3 Å². The molecule has 1 aliphatic heterocycles. The summed E-state index contributed by atoms with van der Waals surface area (Å²) in [6.45, 7) is 6.58. The summed E-state index contributed by atoms with van der Waals surface area (Å²) < 4.78 is 0. The van der Waals surface area contributed by atoms with E-state index in [0.717, 1.165) is 43.0 Å². The third-order valence-electron chi connectivity index (χ3n) is 8.01. The molecule has 1 saturated heterocycles. The minimum atomic E-state index is -1.19. The molecule has 1 saturated carbocycles. The molecule has 2 aromatic rings. The van der Waals surface area contributed by atoms with Gasteiger partial charge in [-0.25, -0.2) is 0 Å². The molecule has 4 rings (SSSR count). The van der Waals surface area contributed by atoms with Gasteiger partial charge in [0.05, 0.1) is 6.04 Å². The summed E-state index contributed by atoms with van der Waals surface area (Å²) in [6.07, 6.45) is 6.19. The molecule has 0 unspecified atom stereocenters. The fourth-order valence-corrected chi connectivity index (χ4v) is 5.67. The van der Waals surface area contributed by atoms with E-state index < -0.39 is 41.5 Å². The van der Waals surface area contributed by atoms with E-state index in [0.29, 0.717) is 25.1 Å². The van der Waals surface area contributed by atoms with Gasteiger partial charge in [-0.15, -0.1) is 0 Å². The van der Waals surface area contributed by atoms with Crippen LogP contribution in [0.25, 0.3) is 10.9 Å². The van der Waals surface area contributed by atoms with Crippen LogP contribution < -0.4 is 21.3 Å². The first-order valence-electron chi connectivity index (χ1n) is 14.8. The average Bonchev–Trinajstić information content (AvgIpc) is 3.56. The first kappa shape index (κ1) is 30.3. The van der Waals surface area contributed by atoms with Gasteiger partial charge >= 0.3 is 0 Å². The molecule has 2 fully saturated rings. The zero-order chi connectivity index (χ0) is 29.6. The average molecular weight is 566 g/mol. The normalized spacial score (nSPS) is 19.3.